The summed E-state index contributed by atoms with van der Waals surface area (Å²) in [5.41, 5.74) is 0.582. The van der Waals surface area contributed by atoms with E-state index in [0.717, 1.165) is 0 Å². The Morgan fingerprint density at radius 2 is 1.81 bits per heavy atom. The Hall–Kier alpha value is -0.338. The molecule has 4 N–H and O–H groups in total. The van der Waals surface area contributed by atoms with Gasteiger partial charge in [-0.15, -0.1) is 0 Å². The van der Waals surface area contributed by atoms with Crippen molar-refractivity contribution >= 4 is 27.3 Å². The molecule has 0 spiro atoms. The van der Waals surface area contributed by atoms with Crippen LogP contribution in [0.2, 0.25) is 0 Å². The summed E-state index contributed by atoms with van der Waals surface area (Å²) >= 11 is 0. The molecular formula is C11H17NO3Pb. The van der Waals surface area contributed by atoms with Crippen LogP contribution in [0.3, 0.4) is 0 Å². The summed E-state index contributed by atoms with van der Waals surface area (Å²) in [7, 11) is 0. The summed E-state index contributed by atoms with van der Waals surface area (Å²) < 4.78 is 0. The Morgan fingerprint density at radius 1 is 1.19 bits per heavy atom. The second-order valence-corrected chi connectivity index (χ2v) is 3.83. The number of benzene rings is 1. The predicted octanol–water partition coefficient (Wildman–Crippen LogP) is 0.748. The fourth-order valence-electron chi connectivity index (χ4n) is 1.21. The van der Waals surface area contributed by atoms with Crippen molar-refractivity contribution in [1.29, 1.82) is 0 Å². The van der Waals surface area contributed by atoms with Crippen LogP contribution in [0.4, 0.5) is 0 Å². The molecule has 0 bridgehead atoms. The van der Waals surface area contributed by atoms with Crippen LogP contribution >= 0.6 is 0 Å². The zero-order valence-electron chi connectivity index (χ0n) is 9.44. The topological polar surface area (TPSA) is 72.7 Å². The first-order chi connectivity index (χ1) is 7.00. The number of phenolic OH excluding ortho intramolecular Hbond substituents is 2. The summed E-state index contributed by atoms with van der Waals surface area (Å²) in [6, 6.07) is 4.61. The number of hydrogen-bond donors (Lipinski definition) is 4. The van der Waals surface area contributed by atoms with Gasteiger partial charge in [0.2, 0.25) is 0 Å². The monoisotopic (exact) mass is 419 g/mol. The van der Waals surface area contributed by atoms with Gasteiger partial charge in [0.1, 0.15) is 0 Å². The van der Waals surface area contributed by atoms with Crippen molar-refractivity contribution in [3.63, 3.8) is 0 Å². The van der Waals surface area contributed by atoms with Crippen molar-refractivity contribution in [2.24, 2.45) is 0 Å². The molecule has 1 atom stereocenters. The second-order valence-electron chi connectivity index (χ2n) is 3.83. The number of phenols is 2. The van der Waals surface area contributed by atoms with E-state index in [-0.39, 0.29) is 38.8 Å². The molecule has 0 aliphatic carbocycles. The fraction of sp³-hybridized carbons (Fsp3) is 0.455. The van der Waals surface area contributed by atoms with Crippen molar-refractivity contribution in [2.45, 2.75) is 26.0 Å². The Labute approximate surface area is 115 Å². The van der Waals surface area contributed by atoms with Crippen LogP contribution < -0.4 is 5.32 Å². The summed E-state index contributed by atoms with van der Waals surface area (Å²) in [5, 5.41) is 31.2. The van der Waals surface area contributed by atoms with Crippen LogP contribution in [-0.2, 0) is 0 Å². The van der Waals surface area contributed by atoms with Crippen LogP contribution in [0.25, 0.3) is 0 Å². The SMILES string of the molecule is CC(C)NCC(O)c1ccc(O)c(O)c1.[Pb]. The summed E-state index contributed by atoms with van der Waals surface area (Å²) in [6.07, 6.45) is -0.682. The van der Waals surface area contributed by atoms with Crippen molar-refractivity contribution in [3.05, 3.63) is 23.8 Å². The maximum atomic E-state index is 9.73. The van der Waals surface area contributed by atoms with Gasteiger partial charge in [0.25, 0.3) is 0 Å². The predicted molar refractivity (Wildman–Crippen MR) is 63.6 cm³/mol. The molecule has 0 saturated heterocycles. The number of nitrogens with one attached hydrogen (secondary N) is 1. The molecule has 0 amide bonds. The molecule has 0 heterocycles. The van der Waals surface area contributed by atoms with Crippen molar-refractivity contribution < 1.29 is 15.3 Å². The molecule has 1 rings (SSSR count). The van der Waals surface area contributed by atoms with Crippen molar-refractivity contribution in [2.75, 3.05) is 6.54 Å². The average molecular weight is 418 g/mol. The van der Waals surface area contributed by atoms with E-state index in [4.69, 9.17) is 5.11 Å². The minimum atomic E-state index is -0.682. The molecule has 0 aromatic heterocycles. The quantitative estimate of drug-likeness (QED) is 0.430. The van der Waals surface area contributed by atoms with Crippen LogP contribution in [0.15, 0.2) is 18.2 Å². The first kappa shape index (κ1) is 15.7. The van der Waals surface area contributed by atoms with Crippen molar-refractivity contribution in [3.8, 4) is 11.5 Å². The van der Waals surface area contributed by atoms with E-state index in [1.165, 1.54) is 12.1 Å². The molecule has 88 valence electrons. The van der Waals surface area contributed by atoms with Gasteiger partial charge >= 0.3 is 0 Å². The number of aliphatic hydroxyl groups is 1. The number of hydrogen-bond acceptors (Lipinski definition) is 4. The number of aliphatic hydroxyl groups excluding tert-OH is 1. The minimum absolute atomic E-state index is 0. The van der Waals surface area contributed by atoms with Crippen LogP contribution in [0, 0.1) is 0 Å². The molecule has 16 heavy (non-hydrogen) atoms. The van der Waals surface area contributed by atoms with Crippen molar-refractivity contribution in [1.82, 2.24) is 5.32 Å². The molecule has 0 fully saturated rings. The third-order valence-corrected chi connectivity index (χ3v) is 2.10. The van der Waals surface area contributed by atoms with E-state index in [9.17, 15) is 10.2 Å². The van der Waals surface area contributed by atoms with Gasteiger partial charge in [0.15, 0.2) is 11.5 Å². The maximum absolute atomic E-state index is 9.73. The summed E-state index contributed by atoms with van der Waals surface area (Å²) in [4.78, 5) is 0. The Kier molecular flexibility index (Phi) is 6.93. The van der Waals surface area contributed by atoms with E-state index in [0.29, 0.717) is 18.2 Å². The second kappa shape index (κ2) is 7.08. The third-order valence-electron chi connectivity index (χ3n) is 2.10. The zero-order valence-corrected chi connectivity index (χ0v) is 13.3. The first-order valence-corrected chi connectivity index (χ1v) is 4.94. The van der Waals surface area contributed by atoms with Crippen LogP contribution in [-0.4, -0.2) is 55.2 Å². The standard InChI is InChI=1S/C11H17NO3.Pb/c1-7(2)12-6-11(15)8-3-4-9(13)10(14)5-8;/h3-5,7,11-15H,6H2,1-2H3;. The van der Waals surface area contributed by atoms with Gasteiger partial charge in [-0.25, -0.2) is 0 Å². The Bertz CT molecular complexity index is 331. The minimum Gasteiger partial charge on any atom is -0.504 e. The maximum Gasteiger partial charge on any atom is 0.157 e. The van der Waals surface area contributed by atoms with Gasteiger partial charge in [-0.1, -0.05) is 19.9 Å². The van der Waals surface area contributed by atoms with Gasteiger partial charge in [0, 0.05) is 39.9 Å². The van der Waals surface area contributed by atoms with E-state index < -0.39 is 6.10 Å². The Balaban J connectivity index is 0.00000225. The number of rotatable bonds is 4. The third kappa shape index (κ3) is 4.67. The van der Waals surface area contributed by atoms with E-state index >= 15 is 0 Å². The van der Waals surface area contributed by atoms with Gasteiger partial charge in [-0.3, -0.25) is 0 Å². The molecule has 0 saturated carbocycles. The van der Waals surface area contributed by atoms with Gasteiger partial charge in [0.05, 0.1) is 6.10 Å². The van der Waals surface area contributed by atoms with E-state index in [2.05, 4.69) is 5.32 Å². The molecule has 4 nitrogen and oxygen atoms in total. The van der Waals surface area contributed by atoms with E-state index in [1.54, 1.807) is 6.07 Å². The Morgan fingerprint density at radius 3 is 2.31 bits per heavy atom. The molecule has 1 aromatic carbocycles. The molecule has 5 heteroatoms. The first-order valence-electron chi connectivity index (χ1n) is 4.94. The summed E-state index contributed by atoms with van der Waals surface area (Å²) in [5.74, 6) is -0.390. The smallest absolute Gasteiger partial charge is 0.157 e. The fourth-order valence-corrected chi connectivity index (χ4v) is 1.21. The largest absolute Gasteiger partial charge is 0.504 e. The van der Waals surface area contributed by atoms with Gasteiger partial charge in [-0.05, 0) is 17.7 Å². The average Bonchev–Trinajstić information content (AvgIpc) is 2.18. The molecule has 1 aromatic rings. The zero-order chi connectivity index (χ0) is 11.4. The molecular weight excluding hydrogens is 401 g/mol. The normalized spacial score (nSPS) is 12.2. The van der Waals surface area contributed by atoms with Crippen LogP contribution in [0.1, 0.15) is 25.5 Å². The molecule has 0 aliphatic rings. The van der Waals surface area contributed by atoms with E-state index in [1.807, 2.05) is 13.8 Å². The molecule has 1 unspecified atom stereocenters. The van der Waals surface area contributed by atoms with Gasteiger partial charge in [-0.2, -0.15) is 0 Å². The molecule has 4 radical (unpaired) electrons. The van der Waals surface area contributed by atoms with Gasteiger partial charge < -0.3 is 20.6 Å². The molecule has 0 aliphatic heterocycles. The number of aromatic hydroxyl groups is 2. The summed E-state index contributed by atoms with van der Waals surface area (Å²) in [6.45, 7) is 4.39. The van der Waals surface area contributed by atoms with Crippen LogP contribution in [0.5, 0.6) is 11.5 Å².